The minimum atomic E-state index is -3.67. The first-order valence-electron chi connectivity index (χ1n) is 9.05. The van der Waals surface area contributed by atoms with Crippen molar-refractivity contribution in [3.8, 4) is 0 Å². The Morgan fingerprint density at radius 3 is 2.37 bits per heavy atom. The van der Waals surface area contributed by atoms with Crippen molar-refractivity contribution in [3.63, 3.8) is 0 Å². The molecule has 8 nitrogen and oxygen atoms in total. The van der Waals surface area contributed by atoms with Gasteiger partial charge in [-0.3, -0.25) is 9.59 Å². The molecule has 0 bridgehead atoms. The predicted octanol–water partition coefficient (Wildman–Crippen LogP) is 0.400. The number of carbonyl (C=O) groups excluding carboxylic acids is 2. The summed E-state index contributed by atoms with van der Waals surface area (Å²) >= 11 is 0. The summed E-state index contributed by atoms with van der Waals surface area (Å²) < 4.78 is 32.6. The van der Waals surface area contributed by atoms with Crippen LogP contribution < -0.4 is 0 Å². The van der Waals surface area contributed by atoms with E-state index in [1.54, 1.807) is 21.9 Å². The molecule has 1 aromatic rings. The molecule has 2 aliphatic rings. The third-order valence-corrected chi connectivity index (χ3v) is 6.80. The highest BCUT2D eigenvalue weighted by Gasteiger charge is 2.30. The number of hydrogen-bond acceptors (Lipinski definition) is 5. The Bertz CT molecular complexity index is 818. The fourth-order valence-corrected chi connectivity index (χ4v) is 4.90. The van der Waals surface area contributed by atoms with Crippen LogP contribution in [0.15, 0.2) is 29.2 Å². The second-order valence-electron chi connectivity index (χ2n) is 6.87. The average Bonchev–Trinajstić information content (AvgIpc) is 2.67. The molecule has 0 saturated carbocycles. The van der Waals surface area contributed by atoms with Crippen molar-refractivity contribution in [2.75, 3.05) is 45.9 Å². The van der Waals surface area contributed by atoms with Gasteiger partial charge in [0.1, 0.15) is 0 Å². The molecular formula is C18H25N3O5S. The molecule has 0 aliphatic carbocycles. The first-order valence-corrected chi connectivity index (χ1v) is 10.5. The SMILES string of the molecule is CC(=O)N1CCN(C(=O)c2cccc(S(=O)(=O)N3CCOC(C)C3)c2)CC1. The Balaban J connectivity index is 1.75. The molecule has 2 aliphatic heterocycles. The molecule has 2 fully saturated rings. The third kappa shape index (κ3) is 4.31. The number of carbonyl (C=O) groups is 2. The first kappa shape index (κ1) is 19.8. The van der Waals surface area contributed by atoms with Crippen LogP contribution in [0.4, 0.5) is 0 Å². The van der Waals surface area contributed by atoms with Crippen LogP contribution in [0, 0.1) is 0 Å². The van der Waals surface area contributed by atoms with E-state index in [9.17, 15) is 18.0 Å². The molecule has 0 aromatic heterocycles. The molecule has 0 spiro atoms. The van der Waals surface area contributed by atoms with Crippen molar-refractivity contribution in [2.24, 2.45) is 0 Å². The molecule has 1 atom stereocenters. The maximum absolute atomic E-state index is 12.9. The van der Waals surface area contributed by atoms with Crippen LogP contribution in [0.25, 0.3) is 0 Å². The van der Waals surface area contributed by atoms with E-state index in [0.29, 0.717) is 51.4 Å². The monoisotopic (exact) mass is 395 g/mol. The predicted molar refractivity (Wildman–Crippen MR) is 98.8 cm³/mol. The van der Waals surface area contributed by atoms with Crippen molar-refractivity contribution in [3.05, 3.63) is 29.8 Å². The van der Waals surface area contributed by atoms with Gasteiger partial charge in [0.25, 0.3) is 5.91 Å². The molecule has 2 saturated heterocycles. The minimum absolute atomic E-state index is 0.00470. The molecule has 0 radical (unpaired) electrons. The highest BCUT2D eigenvalue weighted by molar-refractivity contribution is 7.89. The Labute approximate surface area is 159 Å². The van der Waals surface area contributed by atoms with Crippen LogP contribution in [-0.2, 0) is 19.6 Å². The lowest BCUT2D eigenvalue weighted by Gasteiger charge is -2.34. The lowest BCUT2D eigenvalue weighted by atomic mass is 10.2. The molecule has 2 amide bonds. The second kappa shape index (κ2) is 7.95. The second-order valence-corrected chi connectivity index (χ2v) is 8.81. The van der Waals surface area contributed by atoms with Gasteiger partial charge in [-0.05, 0) is 25.1 Å². The summed E-state index contributed by atoms with van der Waals surface area (Å²) in [5.41, 5.74) is 0.341. The molecule has 148 valence electrons. The summed E-state index contributed by atoms with van der Waals surface area (Å²) in [6, 6.07) is 6.17. The number of rotatable bonds is 3. The van der Waals surface area contributed by atoms with Crippen LogP contribution in [0.3, 0.4) is 0 Å². The number of benzene rings is 1. The quantitative estimate of drug-likeness (QED) is 0.739. The maximum Gasteiger partial charge on any atom is 0.254 e. The molecule has 1 aromatic carbocycles. The molecule has 9 heteroatoms. The number of amides is 2. The van der Waals surface area contributed by atoms with E-state index in [1.165, 1.54) is 23.4 Å². The number of piperazine rings is 1. The van der Waals surface area contributed by atoms with Crippen molar-refractivity contribution in [1.29, 1.82) is 0 Å². The summed E-state index contributed by atoms with van der Waals surface area (Å²) in [5.74, 6) is -0.222. The standard InChI is InChI=1S/C18H25N3O5S/c1-14-13-21(10-11-26-14)27(24,25)17-5-3-4-16(12-17)18(23)20-8-6-19(7-9-20)15(2)22/h3-5,12,14H,6-11,13H2,1-2H3. The highest BCUT2D eigenvalue weighted by atomic mass is 32.2. The van der Waals surface area contributed by atoms with Gasteiger partial charge in [0.05, 0.1) is 17.6 Å². The summed E-state index contributed by atoms with van der Waals surface area (Å²) in [6.45, 7) is 6.17. The van der Waals surface area contributed by atoms with Gasteiger partial charge in [-0.25, -0.2) is 8.42 Å². The molecule has 0 N–H and O–H groups in total. The van der Waals surface area contributed by atoms with E-state index >= 15 is 0 Å². The smallest absolute Gasteiger partial charge is 0.254 e. The fourth-order valence-electron chi connectivity index (χ4n) is 3.35. The fraction of sp³-hybridized carbons (Fsp3) is 0.556. The van der Waals surface area contributed by atoms with Gasteiger partial charge in [-0.15, -0.1) is 0 Å². The summed E-state index contributed by atoms with van der Waals surface area (Å²) in [4.78, 5) is 27.7. The van der Waals surface area contributed by atoms with Crippen molar-refractivity contribution < 1.29 is 22.7 Å². The first-order chi connectivity index (χ1) is 12.8. The Morgan fingerprint density at radius 1 is 1.07 bits per heavy atom. The van der Waals surface area contributed by atoms with E-state index < -0.39 is 10.0 Å². The zero-order valence-corrected chi connectivity index (χ0v) is 16.4. The molecule has 27 heavy (non-hydrogen) atoms. The van der Waals surface area contributed by atoms with Gasteiger partial charge in [-0.2, -0.15) is 4.31 Å². The lowest BCUT2D eigenvalue weighted by Crippen LogP contribution is -2.50. The molecule has 3 rings (SSSR count). The Kier molecular flexibility index (Phi) is 5.83. The maximum atomic E-state index is 12.9. The van der Waals surface area contributed by atoms with Crippen molar-refractivity contribution in [2.45, 2.75) is 24.8 Å². The Morgan fingerprint density at radius 2 is 1.74 bits per heavy atom. The van der Waals surface area contributed by atoms with Gasteiger partial charge < -0.3 is 14.5 Å². The van der Waals surface area contributed by atoms with Crippen LogP contribution >= 0.6 is 0 Å². The van der Waals surface area contributed by atoms with E-state index in [0.717, 1.165) is 0 Å². The van der Waals surface area contributed by atoms with Gasteiger partial charge in [-0.1, -0.05) is 6.07 Å². The number of hydrogen-bond donors (Lipinski definition) is 0. The summed E-state index contributed by atoms with van der Waals surface area (Å²) in [5, 5.41) is 0. The van der Waals surface area contributed by atoms with Gasteiger partial charge in [0.15, 0.2) is 0 Å². The van der Waals surface area contributed by atoms with Crippen LogP contribution in [0.5, 0.6) is 0 Å². The number of morpholine rings is 1. The van der Waals surface area contributed by atoms with Crippen LogP contribution in [0.2, 0.25) is 0 Å². The van der Waals surface area contributed by atoms with Gasteiger partial charge >= 0.3 is 0 Å². The highest BCUT2D eigenvalue weighted by Crippen LogP contribution is 2.21. The van der Waals surface area contributed by atoms with Crippen LogP contribution in [-0.4, -0.2) is 86.3 Å². The molecule has 1 unspecified atom stereocenters. The number of sulfonamides is 1. The average molecular weight is 395 g/mol. The zero-order chi connectivity index (χ0) is 19.6. The normalized spacial score (nSPS) is 21.9. The molecular weight excluding hydrogens is 370 g/mol. The third-order valence-electron chi connectivity index (χ3n) is 4.93. The van der Waals surface area contributed by atoms with Crippen LogP contribution in [0.1, 0.15) is 24.2 Å². The lowest BCUT2D eigenvalue weighted by molar-refractivity contribution is -0.130. The zero-order valence-electron chi connectivity index (χ0n) is 15.6. The minimum Gasteiger partial charge on any atom is -0.376 e. The van der Waals surface area contributed by atoms with E-state index in [1.807, 2.05) is 6.92 Å². The van der Waals surface area contributed by atoms with E-state index in [-0.39, 0.29) is 22.8 Å². The van der Waals surface area contributed by atoms with Crippen molar-refractivity contribution >= 4 is 21.8 Å². The Hall–Kier alpha value is -1.97. The molecule has 2 heterocycles. The topological polar surface area (TPSA) is 87.2 Å². The van der Waals surface area contributed by atoms with E-state index in [2.05, 4.69) is 0 Å². The van der Waals surface area contributed by atoms with E-state index in [4.69, 9.17) is 4.74 Å². The summed E-state index contributed by atoms with van der Waals surface area (Å²) in [6.07, 6.45) is -0.157. The number of ether oxygens (including phenoxy) is 1. The van der Waals surface area contributed by atoms with Crippen molar-refractivity contribution in [1.82, 2.24) is 14.1 Å². The largest absolute Gasteiger partial charge is 0.376 e. The summed E-state index contributed by atoms with van der Waals surface area (Å²) in [7, 11) is -3.67. The number of nitrogens with zero attached hydrogens (tertiary/aromatic N) is 3. The van der Waals surface area contributed by atoms with Gasteiger partial charge in [0, 0.05) is 51.8 Å². The van der Waals surface area contributed by atoms with Gasteiger partial charge in [0.2, 0.25) is 15.9 Å².